The van der Waals surface area contributed by atoms with Gasteiger partial charge >= 0.3 is 0 Å². The SMILES string of the molecule is CCOC=O.Cc1cc2nccc(O)c2cc1Cl. The maximum Gasteiger partial charge on any atom is 0.293 e. The van der Waals surface area contributed by atoms with Gasteiger partial charge in [-0.3, -0.25) is 9.78 Å². The highest BCUT2D eigenvalue weighted by molar-refractivity contribution is 6.32. The average Bonchev–Trinajstić information content (AvgIpc) is 2.34. The lowest BCUT2D eigenvalue weighted by molar-refractivity contribution is -0.128. The number of aromatic nitrogens is 1. The monoisotopic (exact) mass is 267 g/mol. The van der Waals surface area contributed by atoms with Crippen LogP contribution in [0.1, 0.15) is 12.5 Å². The molecule has 5 heteroatoms. The van der Waals surface area contributed by atoms with Crippen molar-refractivity contribution in [2.24, 2.45) is 0 Å². The van der Waals surface area contributed by atoms with Gasteiger partial charge in [-0.05, 0) is 37.6 Å². The lowest BCUT2D eigenvalue weighted by atomic mass is 10.1. The number of aromatic hydroxyl groups is 1. The van der Waals surface area contributed by atoms with E-state index in [1.54, 1.807) is 25.3 Å². The van der Waals surface area contributed by atoms with E-state index < -0.39 is 0 Å². The number of benzene rings is 1. The second-order valence-corrected chi connectivity index (χ2v) is 3.91. The van der Waals surface area contributed by atoms with Crippen molar-refractivity contribution in [3.05, 3.63) is 35.0 Å². The fourth-order valence-corrected chi connectivity index (χ4v) is 1.49. The van der Waals surface area contributed by atoms with Crippen molar-refractivity contribution < 1.29 is 14.6 Å². The van der Waals surface area contributed by atoms with E-state index >= 15 is 0 Å². The number of fused-ring (bicyclic) bond motifs is 1. The smallest absolute Gasteiger partial charge is 0.293 e. The first-order chi connectivity index (χ1) is 8.60. The second-order valence-electron chi connectivity index (χ2n) is 3.50. The largest absolute Gasteiger partial charge is 0.507 e. The summed E-state index contributed by atoms with van der Waals surface area (Å²) in [6.07, 6.45) is 1.57. The molecule has 2 aromatic rings. The molecule has 0 bridgehead atoms. The van der Waals surface area contributed by atoms with Crippen LogP contribution >= 0.6 is 11.6 Å². The number of halogens is 1. The molecule has 1 aromatic heterocycles. The molecule has 0 atom stereocenters. The summed E-state index contributed by atoms with van der Waals surface area (Å²) in [6.45, 7) is 4.57. The molecule has 0 saturated carbocycles. The molecular weight excluding hydrogens is 254 g/mol. The zero-order chi connectivity index (χ0) is 13.5. The minimum absolute atomic E-state index is 0.215. The summed E-state index contributed by atoms with van der Waals surface area (Å²) in [4.78, 5) is 13.3. The van der Waals surface area contributed by atoms with Crippen LogP contribution in [0.2, 0.25) is 5.02 Å². The van der Waals surface area contributed by atoms with E-state index in [0.29, 0.717) is 23.5 Å². The van der Waals surface area contributed by atoms with E-state index in [2.05, 4.69) is 9.72 Å². The number of nitrogens with zero attached hydrogens (tertiary/aromatic N) is 1. The van der Waals surface area contributed by atoms with Crippen molar-refractivity contribution in [1.82, 2.24) is 4.98 Å². The van der Waals surface area contributed by atoms with Crippen molar-refractivity contribution in [3.63, 3.8) is 0 Å². The zero-order valence-electron chi connectivity index (χ0n) is 10.2. The molecule has 1 N–H and O–H groups in total. The van der Waals surface area contributed by atoms with Gasteiger partial charge in [0, 0.05) is 16.6 Å². The fraction of sp³-hybridized carbons (Fsp3) is 0.231. The van der Waals surface area contributed by atoms with Crippen molar-refractivity contribution >= 4 is 29.0 Å². The molecule has 4 nitrogen and oxygen atoms in total. The van der Waals surface area contributed by atoms with Gasteiger partial charge in [-0.2, -0.15) is 0 Å². The van der Waals surface area contributed by atoms with Crippen molar-refractivity contribution in [2.45, 2.75) is 13.8 Å². The van der Waals surface area contributed by atoms with E-state index in [0.717, 1.165) is 11.1 Å². The lowest BCUT2D eigenvalue weighted by Gasteiger charge is -2.02. The van der Waals surface area contributed by atoms with Crippen LogP contribution in [0, 0.1) is 6.92 Å². The van der Waals surface area contributed by atoms with Gasteiger partial charge in [0.1, 0.15) is 5.75 Å². The quantitative estimate of drug-likeness (QED) is 0.850. The van der Waals surface area contributed by atoms with Crippen LogP contribution in [0.5, 0.6) is 5.75 Å². The van der Waals surface area contributed by atoms with Crippen LogP contribution < -0.4 is 0 Å². The van der Waals surface area contributed by atoms with Gasteiger partial charge in [0.15, 0.2) is 0 Å². The molecule has 0 unspecified atom stereocenters. The van der Waals surface area contributed by atoms with Crippen LogP contribution in [0.3, 0.4) is 0 Å². The van der Waals surface area contributed by atoms with Crippen LogP contribution in [0.25, 0.3) is 10.9 Å². The minimum atomic E-state index is 0.215. The van der Waals surface area contributed by atoms with Gasteiger partial charge in [0.05, 0.1) is 12.1 Å². The maximum atomic E-state index is 9.49. The summed E-state index contributed by atoms with van der Waals surface area (Å²) in [5.74, 6) is 0.215. The summed E-state index contributed by atoms with van der Waals surface area (Å²) in [6, 6.07) is 5.14. The average molecular weight is 268 g/mol. The Morgan fingerprint density at radius 1 is 1.50 bits per heavy atom. The third kappa shape index (κ3) is 3.60. The van der Waals surface area contributed by atoms with E-state index in [-0.39, 0.29) is 5.75 Å². The van der Waals surface area contributed by atoms with Gasteiger partial charge in [-0.25, -0.2) is 0 Å². The number of hydrogen-bond donors (Lipinski definition) is 1. The zero-order valence-corrected chi connectivity index (χ0v) is 10.9. The number of pyridine rings is 1. The Labute approximate surface area is 110 Å². The van der Waals surface area contributed by atoms with E-state index in [1.807, 2.05) is 13.0 Å². The summed E-state index contributed by atoms with van der Waals surface area (Å²) >= 11 is 5.92. The Morgan fingerprint density at radius 3 is 2.78 bits per heavy atom. The van der Waals surface area contributed by atoms with Crippen LogP contribution in [0.15, 0.2) is 24.4 Å². The first-order valence-electron chi connectivity index (χ1n) is 5.39. The molecule has 0 spiro atoms. The topological polar surface area (TPSA) is 59.4 Å². The molecule has 0 saturated heterocycles. The predicted octanol–water partition coefficient (Wildman–Crippen LogP) is 3.08. The summed E-state index contributed by atoms with van der Waals surface area (Å²) < 4.78 is 4.15. The molecule has 0 fully saturated rings. The number of rotatable bonds is 2. The molecule has 0 amide bonds. The van der Waals surface area contributed by atoms with Crippen LogP contribution in [0.4, 0.5) is 0 Å². The maximum absolute atomic E-state index is 9.49. The molecule has 0 aliphatic rings. The normalized spacial score (nSPS) is 9.50. The summed E-state index contributed by atoms with van der Waals surface area (Å²) in [7, 11) is 0. The number of aryl methyl sites for hydroxylation is 1. The van der Waals surface area contributed by atoms with Crippen molar-refractivity contribution in [3.8, 4) is 5.75 Å². The Hall–Kier alpha value is -1.81. The van der Waals surface area contributed by atoms with Crippen LogP contribution in [-0.4, -0.2) is 23.2 Å². The van der Waals surface area contributed by atoms with Gasteiger partial charge < -0.3 is 9.84 Å². The van der Waals surface area contributed by atoms with E-state index in [1.165, 1.54) is 0 Å². The lowest BCUT2D eigenvalue weighted by Crippen LogP contribution is -1.81. The molecule has 96 valence electrons. The van der Waals surface area contributed by atoms with Crippen LogP contribution in [-0.2, 0) is 9.53 Å². The predicted molar refractivity (Wildman–Crippen MR) is 70.8 cm³/mol. The van der Waals surface area contributed by atoms with Crippen molar-refractivity contribution in [1.29, 1.82) is 0 Å². The Morgan fingerprint density at radius 2 is 2.22 bits per heavy atom. The standard InChI is InChI=1S/C10H8ClNO.C3H6O2/c1-6-4-9-7(5-8(6)11)10(13)2-3-12-9;1-2-5-3-4/h2-5H,1H3,(H,12,13);3H,2H2,1H3. The number of carbonyl (C=O) groups excluding carboxylic acids is 1. The summed E-state index contributed by atoms with van der Waals surface area (Å²) in [5.41, 5.74) is 1.73. The molecule has 0 radical (unpaired) electrons. The highest BCUT2D eigenvalue weighted by Crippen LogP contribution is 2.27. The van der Waals surface area contributed by atoms with Gasteiger partial charge in [0.2, 0.25) is 0 Å². The first-order valence-corrected chi connectivity index (χ1v) is 5.77. The van der Waals surface area contributed by atoms with Crippen molar-refractivity contribution in [2.75, 3.05) is 6.61 Å². The number of carbonyl (C=O) groups is 1. The molecule has 1 aromatic carbocycles. The van der Waals surface area contributed by atoms with E-state index in [9.17, 15) is 9.90 Å². The summed E-state index contributed by atoms with van der Waals surface area (Å²) in [5, 5.41) is 10.8. The molecular formula is C13H14ClNO3. The van der Waals surface area contributed by atoms with Gasteiger partial charge in [-0.1, -0.05) is 11.6 Å². The van der Waals surface area contributed by atoms with Gasteiger partial charge in [-0.15, -0.1) is 0 Å². The van der Waals surface area contributed by atoms with Gasteiger partial charge in [0.25, 0.3) is 6.47 Å². The first kappa shape index (κ1) is 14.3. The fourth-order valence-electron chi connectivity index (χ4n) is 1.32. The molecule has 0 aliphatic carbocycles. The highest BCUT2D eigenvalue weighted by Gasteiger charge is 2.03. The molecule has 18 heavy (non-hydrogen) atoms. The minimum Gasteiger partial charge on any atom is -0.507 e. The molecule has 1 heterocycles. The third-order valence-corrected chi connectivity index (χ3v) is 2.64. The second kappa shape index (κ2) is 6.81. The molecule has 2 rings (SSSR count). The third-order valence-electron chi connectivity index (χ3n) is 2.23. The Kier molecular flexibility index (Phi) is 5.39. The highest BCUT2D eigenvalue weighted by atomic mass is 35.5. The molecule has 0 aliphatic heterocycles. The number of hydrogen-bond acceptors (Lipinski definition) is 4. The number of ether oxygens (including phenoxy) is 1. The van der Waals surface area contributed by atoms with E-state index in [4.69, 9.17) is 11.6 Å². The Balaban J connectivity index is 0.000000280. The Bertz CT molecular complexity index is 543.